The van der Waals surface area contributed by atoms with Gasteiger partial charge in [0.1, 0.15) is 0 Å². The molecule has 26 heavy (non-hydrogen) atoms. The van der Waals surface area contributed by atoms with Gasteiger partial charge in [-0.15, -0.1) is 0 Å². The molecule has 0 amide bonds. The fourth-order valence-corrected chi connectivity index (χ4v) is 3.25. The second-order valence-electron chi connectivity index (χ2n) is 6.07. The summed E-state index contributed by atoms with van der Waals surface area (Å²) in [5, 5.41) is 2.06. The van der Waals surface area contributed by atoms with E-state index in [9.17, 15) is 4.79 Å². The molecule has 1 aromatic heterocycles. The van der Waals surface area contributed by atoms with E-state index < -0.39 is 0 Å². The number of ketones is 1. The predicted octanol–water partition coefficient (Wildman–Crippen LogP) is 4.83. The molecule has 0 atom stereocenters. The topological polar surface area (TPSA) is 33.8 Å². The van der Waals surface area contributed by atoms with Crippen molar-refractivity contribution in [2.75, 3.05) is 0 Å². The highest BCUT2D eigenvalue weighted by Gasteiger charge is 2.14. The number of aromatic nitrogens is 2. The van der Waals surface area contributed by atoms with Crippen LogP contribution in [-0.4, -0.2) is 10.8 Å². The van der Waals surface area contributed by atoms with Crippen molar-refractivity contribution in [1.82, 2.24) is 4.98 Å². The molecule has 3 aromatic carbocycles. The standard InChI is InChI=1S/C22H16BrN2O/c23-18-10-8-17(9-11-18)21-12-13-25(15-24-21)14-22(26)20-7-3-5-16-4-1-2-6-19(16)20/h1-13,15H,14H2/q+1. The summed E-state index contributed by atoms with van der Waals surface area (Å²) in [6.07, 6.45) is 3.60. The van der Waals surface area contributed by atoms with Crippen molar-refractivity contribution >= 4 is 32.5 Å². The number of carbonyl (C=O) groups excluding carboxylic acids is 1. The highest BCUT2D eigenvalue weighted by atomic mass is 79.9. The molecule has 1 heterocycles. The molecule has 0 saturated heterocycles. The van der Waals surface area contributed by atoms with Gasteiger partial charge in [-0.2, -0.15) is 0 Å². The summed E-state index contributed by atoms with van der Waals surface area (Å²) >= 11 is 3.43. The minimum Gasteiger partial charge on any atom is -0.290 e. The highest BCUT2D eigenvalue weighted by molar-refractivity contribution is 9.10. The highest BCUT2D eigenvalue weighted by Crippen LogP contribution is 2.20. The Hall–Kier alpha value is -2.85. The van der Waals surface area contributed by atoms with Gasteiger partial charge in [0.15, 0.2) is 12.2 Å². The molecule has 4 heteroatoms. The summed E-state index contributed by atoms with van der Waals surface area (Å²) in [5.41, 5.74) is 2.67. The molecule has 0 saturated carbocycles. The maximum absolute atomic E-state index is 12.8. The van der Waals surface area contributed by atoms with Crippen molar-refractivity contribution in [2.45, 2.75) is 6.54 Å². The fourth-order valence-electron chi connectivity index (χ4n) is 2.99. The molecular weight excluding hydrogens is 388 g/mol. The van der Waals surface area contributed by atoms with Crippen molar-refractivity contribution in [3.05, 3.63) is 95.4 Å². The second kappa shape index (κ2) is 7.18. The van der Waals surface area contributed by atoms with Crippen molar-refractivity contribution in [2.24, 2.45) is 0 Å². The zero-order valence-corrected chi connectivity index (χ0v) is 15.6. The average Bonchev–Trinajstić information content (AvgIpc) is 2.69. The first-order chi connectivity index (χ1) is 12.7. The van der Waals surface area contributed by atoms with Crippen LogP contribution in [0.2, 0.25) is 0 Å². The van der Waals surface area contributed by atoms with Gasteiger partial charge in [-0.05, 0) is 40.0 Å². The van der Waals surface area contributed by atoms with Crippen LogP contribution < -0.4 is 4.57 Å². The fraction of sp³-hybridized carbons (Fsp3) is 0.0455. The van der Waals surface area contributed by atoms with Gasteiger partial charge in [-0.3, -0.25) is 4.79 Å². The molecule has 0 fully saturated rings. The first-order valence-corrected chi connectivity index (χ1v) is 9.12. The Morgan fingerprint density at radius 1 is 0.923 bits per heavy atom. The summed E-state index contributed by atoms with van der Waals surface area (Å²) in [7, 11) is 0. The minimum atomic E-state index is 0.0741. The van der Waals surface area contributed by atoms with Gasteiger partial charge in [0.25, 0.3) is 6.33 Å². The Labute approximate surface area is 160 Å². The van der Waals surface area contributed by atoms with Crippen LogP contribution in [0.25, 0.3) is 22.0 Å². The minimum absolute atomic E-state index is 0.0741. The maximum Gasteiger partial charge on any atom is 0.287 e. The van der Waals surface area contributed by atoms with E-state index in [0.717, 1.165) is 32.1 Å². The van der Waals surface area contributed by atoms with Gasteiger partial charge in [0, 0.05) is 21.7 Å². The summed E-state index contributed by atoms with van der Waals surface area (Å²) < 4.78 is 2.85. The number of fused-ring (bicyclic) bond motifs is 1. The van der Waals surface area contributed by atoms with Gasteiger partial charge in [-0.1, -0.05) is 58.4 Å². The largest absolute Gasteiger partial charge is 0.290 e. The molecule has 0 aliphatic heterocycles. The molecule has 0 bridgehead atoms. The van der Waals surface area contributed by atoms with Gasteiger partial charge in [-0.25, -0.2) is 4.57 Å². The maximum atomic E-state index is 12.8. The molecule has 0 spiro atoms. The van der Waals surface area contributed by atoms with E-state index in [4.69, 9.17) is 0 Å². The van der Waals surface area contributed by atoms with E-state index in [1.807, 2.05) is 83.6 Å². The number of Topliss-reactive ketones (excluding diaryl/α,β-unsaturated/α-hetero) is 1. The van der Waals surface area contributed by atoms with Crippen LogP contribution in [0.4, 0.5) is 0 Å². The lowest BCUT2D eigenvalue weighted by Gasteiger charge is -2.05. The molecule has 0 unspecified atom stereocenters. The smallest absolute Gasteiger partial charge is 0.287 e. The second-order valence-corrected chi connectivity index (χ2v) is 6.99. The number of rotatable bonds is 4. The summed E-state index contributed by atoms with van der Waals surface area (Å²) in [6, 6.07) is 23.7. The normalized spacial score (nSPS) is 10.8. The van der Waals surface area contributed by atoms with Crippen LogP contribution >= 0.6 is 15.9 Å². The first-order valence-electron chi connectivity index (χ1n) is 8.33. The van der Waals surface area contributed by atoms with E-state index in [0.29, 0.717) is 0 Å². The quantitative estimate of drug-likeness (QED) is 0.361. The van der Waals surface area contributed by atoms with Gasteiger partial charge in [0.05, 0.1) is 6.20 Å². The van der Waals surface area contributed by atoms with Crippen LogP contribution in [0.5, 0.6) is 0 Å². The molecular formula is C22H16BrN2O+. The van der Waals surface area contributed by atoms with Crippen molar-refractivity contribution in [3.8, 4) is 11.3 Å². The van der Waals surface area contributed by atoms with Crippen LogP contribution in [0.3, 0.4) is 0 Å². The van der Waals surface area contributed by atoms with Gasteiger partial charge in [0.2, 0.25) is 5.78 Å². The number of benzene rings is 3. The third kappa shape index (κ3) is 3.41. The summed E-state index contributed by atoms with van der Waals surface area (Å²) in [5.74, 6) is 0.0741. The van der Waals surface area contributed by atoms with E-state index in [1.165, 1.54) is 0 Å². The van der Waals surface area contributed by atoms with Crippen LogP contribution in [0.1, 0.15) is 10.4 Å². The number of hydrogen-bond acceptors (Lipinski definition) is 2. The SMILES string of the molecule is O=C(C[n+]1ccc(-c2ccc(Br)cc2)nc1)c1cccc2ccccc12. The zero-order chi connectivity index (χ0) is 17.9. The first kappa shape index (κ1) is 16.6. The Morgan fingerprint density at radius 2 is 1.69 bits per heavy atom. The molecule has 0 N–H and O–H groups in total. The number of halogens is 1. The van der Waals surface area contributed by atoms with Crippen molar-refractivity contribution in [3.63, 3.8) is 0 Å². The lowest BCUT2D eigenvalue weighted by Crippen LogP contribution is -2.37. The number of hydrogen-bond donors (Lipinski definition) is 0. The Morgan fingerprint density at radius 3 is 2.46 bits per heavy atom. The van der Waals surface area contributed by atoms with Crippen LogP contribution in [0, 0.1) is 0 Å². The number of nitrogens with zero attached hydrogens (tertiary/aromatic N) is 2. The van der Waals surface area contributed by atoms with Gasteiger partial charge < -0.3 is 0 Å². The number of carbonyl (C=O) groups is 1. The Bertz CT molecular complexity index is 1070. The molecule has 0 aliphatic rings. The Balaban J connectivity index is 1.57. The molecule has 0 aliphatic carbocycles. The van der Waals surface area contributed by atoms with E-state index in [-0.39, 0.29) is 12.3 Å². The lowest BCUT2D eigenvalue weighted by atomic mass is 10.0. The zero-order valence-electron chi connectivity index (χ0n) is 14.0. The van der Waals surface area contributed by atoms with Gasteiger partial charge >= 0.3 is 0 Å². The third-order valence-electron chi connectivity index (χ3n) is 4.33. The molecule has 0 radical (unpaired) electrons. The van der Waals surface area contributed by atoms with E-state index >= 15 is 0 Å². The van der Waals surface area contributed by atoms with Crippen LogP contribution in [0.15, 0.2) is 89.8 Å². The average molecular weight is 404 g/mol. The molecule has 126 valence electrons. The van der Waals surface area contributed by atoms with E-state index in [2.05, 4.69) is 20.9 Å². The molecule has 4 rings (SSSR count). The molecule has 4 aromatic rings. The van der Waals surface area contributed by atoms with Crippen molar-refractivity contribution < 1.29 is 9.36 Å². The summed E-state index contributed by atoms with van der Waals surface area (Å²) in [4.78, 5) is 17.2. The third-order valence-corrected chi connectivity index (χ3v) is 4.85. The lowest BCUT2D eigenvalue weighted by molar-refractivity contribution is -0.686. The van der Waals surface area contributed by atoms with Crippen LogP contribution in [-0.2, 0) is 6.54 Å². The molecule has 3 nitrogen and oxygen atoms in total. The van der Waals surface area contributed by atoms with E-state index in [1.54, 1.807) is 6.33 Å². The summed E-state index contributed by atoms with van der Waals surface area (Å²) in [6.45, 7) is 0.266. The van der Waals surface area contributed by atoms with Crippen molar-refractivity contribution in [1.29, 1.82) is 0 Å². The monoisotopic (exact) mass is 403 g/mol. The Kier molecular flexibility index (Phi) is 4.59. The predicted molar refractivity (Wildman–Crippen MR) is 106 cm³/mol.